The van der Waals surface area contributed by atoms with Crippen LogP contribution in [0.1, 0.15) is 33.9 Å². The van der Waals surface area contributed by atoms with Gasteiger partial charge in [-0.2, -0.15) is 0 Å². The van der Waals surface area contributed by atoms with Gasteiger partial charge in [0.15, 0.2) is 0 Å². The summed E-state index contributed by atoms with van der Waals surface area (Å²) in [6.45, 7) is 2.31. The van der Waals surface area contributed by atoms with Crippen molar-refractivity contribution in [3.8, 4) is 0 Å². The first-order chi connectivity index (χ1) is 10.5. The van der Waals surface area contributed by atoms with E-state index in [1.165, 1.54) is 0 Å². The van der Waals surface area contributed by atoms with Crippen LogP contribution in [0.3, 0.4) is 0 Å². The zero-order valence-electron chi connectivity index (χ0n) is 12.7. The molecule has 5 nitrogen and oxygen atoms in total. The summed E-state index contributed by atoms with van der Waals surface area (Å²) >= 11 is 0. The Kier molecular flexibility index (Phi) is 3.71. The number of amides is 2. The Morgan fingerprint density at radius 3 is 2.82 bits per heavy atom. The number of furan rings is 1. The van der Waals surface area contributed by atoms with E-state index in [-0.39, 0.29) is 11.8 Å². The maximum atomic E-state index is 12.5. The molecule has 1 N–H and O–H groups in total. The van der Waals surface area contributed by atoms with E-state index in [2.05, 4.69) is 5.32 Å². The van der Waals surface area contributed by atoms with Gasteiger partial charge in [0.25, 0.3) is 5.91 Å². The molecule has 0 radical (unpaired) electrons. The first-order valence-corrected chi connectivity index (χ1v) is 7.26. The Morgan fingerprint density at radius 2 is 2.09 bits per heavy atom. The highest BCUT2D eigenvalue weighted by atomic mass is 16.3. The van der Waals surface area contributed by atoms with Crippen LogP contribution in [0.4, 0.5) is 5.69 Å². The second-order valence-electron chi connectivity index (χ2n) is 5.59. The number of hydrogen-bond acceptors (Lipinski definition) is 3. The molecule has 0 aliphatic carbocycles. The molecule has 114 valence electrons. The first kappa shape index (κ1) is 14.4. The summed E-state index contributed by atoms with van der Waals surface area (Å²) < 4.78 is 5.50. The van der Waals surface area contributed by atoms with Crippen molar-refractivity contribution in [2.45, 2.75) is 26.3 Å². The summed E-state index contributed by atoms with van der Waals surface area (Å²) in [7, 11) is 1.75. The molecular formula is C17H18N2O3. The molecule has 3 rings (SSSR count). The summed E-state index contributed by atoms with van der Waals surface area (Å²) in [5, 5.41) is 2.82. The third-order valence-electron chi connectivity index (χ3n) is 3.78. The first-order valence-electron chi connectivity index (χ1n) is 7.26. The molecule has 2 heterocycles. The van der Waals surface area contributed by atoms with Crippen LogP contribution in [0.15, 0.2) is 34.7 Å². The number of nitrogens with one attached hydrogen (secondary N) is 1. The predicted octanol–water partition coefficient (Wildman–Crippen LogP) is 2.74. The highest BCUT2D eigenvalue weighted by Gasteiger charge is 2.19. The fraction of sp³-hybridized carbons (Fsp3) is 0.294. The van der Waals surface area contributed by atoms with Gasteiger partial charge in [-0.1, -0.05) is 0 Å². The second kappa shape index (κ2) is 5.67. The molecule has 22 heavy (non-hydrogen) atoms. The van der Waals surface area contributed by atoms with Crippen molar-refractivity contribution in [3.63, 3.8) is 0 Å². The fourth-order valence-electron chi connectivity index (χ4n) is 2.61. The number of aryl methyl sites for hydroxylation is 2. The molecule has 2 aromatic rings. The van der Waals surface area contributed by atoms with Gasteiger partial charge in [0.05, 0.1) is 6.54 Å². The van der Waals surface area contributed by atoms with E-state index in [9.17, 15) is 9.59 Å². The lowest BCUT2D eigenvalue weighted by atomic mass is 10.00. The molecule has 1 aliphatic rings. The number of carbonyl (C=O) groups is 2. The Balaban J connectivity index is 1.75. The van der Waals surface area contributed by atoms with Crippen LogP contribution in [-0.4, -0.2) is 23.8 Å². The lowest BCUT2D eigenvalue weighted by Crippen LogP contribution is -2.26. The molecule has 0 saturated carbocycles. The molecule has 0 unspecified atom stereocenters. The fourth-order valence-corrected chi connectivity index (χ4v) is 2.61. The number of rotatable bonds is 3. The maximum Gasteiger partial charge on any atom is 0.254 e. The van der Waals surface area contributed by atoms with Crippen molar-refractivity contribution in [2.75, 3.05) is 12.4 Å². The van der Waals surface area contributed by atoms with Crippen LogP contribution in [0, 0.1) is 6.92 Å². The predicted molar refractivity (Wildman–Crippen MR) is 82.6 cm³/mol. The summed E-state index contributed by atoms with van der Waals surface area (Å²) in [6, 6.07) is 9.17. The molecule has 0 bridgehead atoms. The van der Waals surface area contributed by atoms with Gasteiger partial charge in [-0.3, -0.25) is 9.59 Å². The minimum Gasteiger partial charge on any atom is -0.464 e. The van der Waals surface area contributed by atoms with Crippen molar-refractivity contribution in [2.24, 2.45) is 0 Å². The molecule has 2 amide bonds. The zero-order chi connectivity index (χ0) is 15.7. The van der Waals surface area contributed by atoms with Crippen LogP contribution in [0.5, 0.6) is 0 Å². The van der Waals surface area contributed by atoms with E-state index in [0.29, 0.717) is 24.9 Å². The largest absolute Gasteiger partial charge is 0.464 e. The number of hydrogen-bond donors (Lipinski definition) is 1. The quantitative estimate of drug-likeness (QED) is 0.947. The SMILES string of the molecule is Cc1ccc(CN(C)C(=O)c2ccc3c(c2)CCC(=O)N3)o1. The van der Waals surface area contributed by atoms with Crippen LogP contribution in [0.25, 0.3) is 0 Å². The van der Waals surface area contributed by atoms with Crippen LogP contribution >= 0.6 is 0 Å². The molecule has 0 saturated heterocycles. The van der Waals surface area contributed by atoms with Crippen molar-refractivity contribution in [1.82, 2.24) is 4.90 Å². The summed E-state index contributed by atoms with van der Waals surface area (Å²) in [5.74, 6) is 1.56. The molecule has 0 spiro atoms. The van der Waals surface area contributed by atoms with Gasteiger partial charge in [-0.05, 0) is 49.2 Å². The van der Waals surface area contributed by atoms with E-state index < -0.39 is 0 Å². The van der Waals surface area contributed by atoms with E-state index >= 15 is 0 Å². The minimum absolute atomic E-state index is 0.0249. The van der Waals surface area contributed by atoms with Crippen LogP contribution < -0.4 is 5.32 Å². The number of anilines is 1. The topological polar surface area (TPSA) is 62.6 Å². The molecule has 1 aliphatic heterocycles. The molecule has 1 aromatic carbocycles. The van der Waals surface area contributed by atoms with E-state index in [1.54, 1.807) is 24.1 Å². The Labute approximate surface area is 128 Å². The summed E-state index contributed by atoms with van der Waals surface area (Å²) in [6.07, 6.45) is 1.13. The van der Waals surface area contributed by atoms with E-state index in [4.69, 9.17) is 4.42 Å². The van der Waals surface area contributed by atoms with Crippen molar-refractivity contribution in [1.29, 1.82) is 0 Å². The minimum atomic E-state index is -0.0613. The Hall–Kier alpha value is -2.56. The van der Waals surface area contributed by atoms with Crippen LogP contribution in [0.2, 0.25) is 0 Å². The third kappa shape index (κ3) is 2.88. The lowest BCUT2D eigenvalue weighted by molar-refractivity contribution is -0.116. The Morgan fingerprint density at radius 1 is 1.27 bits per heavy atom. The summed E-state index contributed by atoms with van der Waals surface area (Å²) in [5.41, 5.74) is 2.44. The smallest absolute Gasteiger partial charge is 0.254 e. The number of carbonyl (C=O) groups excluding carboxylic acids is 2. The summed E-state index contributed by atoms with van der Waals surface area (Å²) in [4.78, 5) is 25.5. The molecule has 0 atom stereocenters. The van der Waals surface area contributed by atoms with E-state index in [0.717, 1.165) is 22.8 Å². The van der Waals surface area contributed by atoms with Gasteiger partial charge in [-0.25, -0.2) is 0 Å². The van der Waals surface area contributed by atoms with Crippen LogP contribution in [-0.2, 0) is 17.8 Å². The molecule has 0 fully saturated rings. The maximum absolute atomic E-state index is 12.5. The Bertz CT molecular complexity index is 733. The normalized spacial score (nSPS) is 13.5. The number of benzene rings is 1. The van der Waals surface area contributed by atoms with Gasteiger partial charge >= 0.3 is 0 Å². The number of nitrogens with zero attached hydrogens (tertiary/aromatic N) is 1. The van der Waals surface area contributed by atoms with Crippen molar-refractivity contribution >= 4 is 17.5 Å². The van der Waals surface area contributed by atoms with Gasteiger partial charge in [0.1, 0.15) is 11.5 Å². The van der Waals surface area contributed by atoms with Gasteiger partial charge < -0.3 is 14.6 Å². The monoisotopic (exact) mass is 298 g/mol. The van der Waals surface area contributed by atoms with Crippen molar-refractivity contribution < 1.29 is 14.0 Å². The molecule has 1 aromatic heterocycles. The second-order valence-corrected chi connectivity index (χ2v) is 5.59. The lowest BCUT2D eigenvalue weighted by Gasteiger charge is -2.20. The molecular weight excluding hydrogens is 280 g/mol. The average Bonchev–Trinajstić information content (AvgIpc) is 2.91. The highest BCUT2D eigenvalue weighted by molar-refractivity contribution is 5.97. The molecule has 5 heteroatoms. The highest BCUT2D eigenvalue weighted by Crippen LogP contribution is 2.24. The zero-order valence-corrected chi connectivity index (χ0v) is 12.7. The van der Waals surface area contributed by atoms with Crippen molar-refractivity contribution in [3.05, 3.63) is 53.0 Å². The van der Waals surface area contributed by atoms with E-state index in [1.807, 2.05) is 25.1 Å². The van der Waals surface area contributed by atoms with Gasteiger partial charge in [0, 0.05) is 24.7 Å². The average molecular weight is 298 g/mol. The third-order valence-corrected chi connectivity index (χ3v) is 3.78. The van der Waals surface area contributed by atoms with Gasteiger partial charge in [0.2, 0.25) is 5.91 Å². The van der Waals surface area contributed by atoms with Gasteiger partial charge in [-0.15, -0.1) is 0 Å². The standard InChI is InChI=1S/C17H18N2O3/c1-11-3-6-14(22-11)10-19(2)17(21)13-4-7-15-12(9-13)5-8-16(20)18-15/h3-4,6-7,9H,5,8,10H2,1-2H3,(H,18,20). The number of fused-ring (bicyclic) bond motifs is 1.